The van der Waals surface area contributed by atoms with Crippen LogP contribution in [0, 0.1) is 0 Å². The van der Waals surface area contributed by atoms with E-state index in [0.717, 1.165) is 17.5 Å². The maximum atomic E-state index is 5.97. The molecular formula is C17H27ClN2. The van der Waals surface area contributed by atoms with Crippen LogP contribution >= 0.6 is 11.6 Å². The van der Waals surface area contributed by atoms with Crippen molar-refractivity contribution in [2.45, 2.75) is 51.1 Å². The first kappa shape index (κ1) is 15.8. The van der Waals surface area contributed by atoms with Crippen LogP contribution in [0.3, 0.4) is 0 Å². The van der Waals surface area contributed by atoms with Crippen LogP contribution in [-0.2, 0) is 0 Å². The Morgan fingerprint density at radius 3 is 2.70 bits per heavy atom. The molecule has 1 aliphatic rings. The number of benzene rings is 1. The topological polar surface area (TPSA) is 15.3 Å². The van der Waals surface area contributed by atoms with Crippen LogP contribution in [-0.4, -0.2) is 31.1 Å². The summed E-state index contributed by atoms with van der Waals surface area (Å²) in [5.74, 6) is 0. The summed E-state index contributed by atoms with van der Waals surface area (Å²) in [5, 5.41) is 4.25. The lowest BCUT2D eigenvalue weighted by Crippen LogP contribution is -2.35. The summed E-state index contributed by atoms with van der Waals surface area (Å²) in [4.78, 5) is 2.66. The van der Waals surface area contributed by atoms with Crippen molar-refractivity contribution in [2.24, 2.45) is 0 Å². The lowest BCUT2D eigenvalue weighted by molar-refractivity contribution is 0.203. The summed E-state index contributed by atoms with van der Waals surface area (Å²) in [5.41, 5.74) is 1.33. The summed E-state index contributed by atoms with van der Waals surface area (Å²) in [6, 6.07) is 9.39. The van der Waals surface area contributed by atoms with Crippen molar-refractivity contribution in [3.05, 3.63) is 34.9 Å². The summed E-state index contributed by atoms with van der Waals surface area (Å²) in [6.07, 6.45) is 6.65. The van der Waals surface area contributed by atoms with E-state index in [-0.39, 0.29) is 0 Å². The summed E-state index contributed by atoms with van der Waals surface area (Å²) < 4.78 is 0. The smallest absolute Gasteiger partial charge is 0.0406 e. The predicted octanol–water partition coefficient (Wildman–Crippen LogP) is 4.26. The van der Waals surface area contributed by atoms with Crippen LogP contribution in [0.4, 0.5) is 0 Å². The molecule has 2 atom stereocenters. The molecule has 0 saturated carbocycles. The number of nitrogens with zero attached hydrogens (tertiary/aromatic N) is 1. The van der Waals surface area contributed by atoms with Gasteiger partial charge in [-0.1, -0.05) is 36.6 Å². The molecule has 2 unspecified atom stereocenters. The Morgan fingerprint density at radius 1 is 1.25 bits per heavy atom. The van der Waals surface area contributed by atoms with Crippen LogP contribution in [0.1, 0.15) is 50.6 Å². The molecule has 0 aliphatic carbocycles. The Hall–Kier alpha value is -0.570. The molecule has 0 radical (unpaired) electrons. The van der Waals surface area contributed by atoms with Crippen molar-refractivity contribution < 1.29 is 0 Å². The van der Waals surface area contributed by atoms with Gasteiger partial charge in [-0.25, -0.2) is 0 Å². The van der Waals surface area contributed by atoms with Gasteiger partial charge in [-0.2, -0.15) is 0 Å². The fourth-order valence-electron chi connectivity index (χ4n) is 3.13. The molecule has 20 heavy (non-hydrogen) atoms. The Kier molecular flexibility index (Phi) is 6.34. The average Bonchev–Trinajstić information content (AvgIpc) is 2.66. The molecular weight excluding hydrogens is 268 g/mol. The van der Waals surface area contributed by atoms with Gasteiger partial charge >= 0.3 is 0 Å². The molecule has 0 aromatic heterocycles. The molecule has 1 saturated heterocycles. The minimum Gasteiger partial charge on any atom is -0.313 e. The Bertz CT molecular complexity index is 390. The third-order valence-electron chi connectivity index (χ3n) is 4.52. The second-order valence-electron chi connectivity index (χ2n) is 5.92. The predicted molar refractivity (Wildman–Crippen MR) is 87.4 cm³/mol. The molecule has 1 aromatic rings. The number of rotatable bonds is 5. The van der Waals surface area contributed by atoms with Gasteiger partial charge in [0.2, 0.25) is 0 Å². The van der Waals surface area contributed by atoms with Crippen LogP contribution in [0.2, 0.25) is 5.02 Å². The Balaban J connectivity index is 1.91. The maximum absolute atomic E-state index is 5.97. The normalized spacial score (nSPS) is 22.4. The molecule has 2 rings (SSSR count). The number of halogens is 1. The SMILES string of the molecule is CNC(CCN1CCCCCC1C)c1ccc(Cl)cc1. The van der Waals surface area contributed by atoms with Crippen LogP contribution in [0.15, 0.2) is 24.3 Å². The third-order valence-corrected chi connectivity index (χ3v) is 4.77. The maximum Gasteiger partial charge on any atom is 0.0406 e. The molecule has 1 fully saturated rings. The van der Waals surface area contributed by atoms with E-state index in [1.807, 2.05) is 19.2 Å². The first-order valence-electron chi connectivity index (χ1n) is 7.87. The van der Waals surface area contributed by atoms with E-state index in [2.05, 4.69) is 29.3 Å². The van der Waals surface area contributed by atoms with E-state index in [4.69, 9.17) is 11.6 Å². The van der Waals surface area contributed by atoms with Crippen molar-refractivity contribution in [2.75, 3.05) is 20.1 Å². The standard InChI is InChI=1S/C17H27ClN2/c1-14-6-4-3-5-12-20(14)13-11-17(19-2)15-7-9-16(18)10-8-15/h7-10,14,17,19H,3-6,11-13H2,1-2H3. The largest absolute Gasteiger partial charge is 0.313 e. The van der Waals surface area contributed by atoms with Crippen LogP contribution < -0.4 is 5.32 Å². The van der Waals surface area contributed by atoms with Gasteiger partial charge in [0.25, 0.3) is 0 Å². The Labute approximate surface area is 128 Å². The van der Waals surface area contributed by atoms with Gasteiger partial charge in [0.15, 0.2) is 0 Å². The zero-order chi connectivity index (χ0) is 14.4. The zero-order valence-electron chi connectivity index (χ0n) is 12.7. The fraction of sp³-hybridized carbons (Fsp3) is 0.647. The van der Waals surface area contributed by atoms with Crippen molar-refractivity contribution in [3.63, 3.8) is 0 Å². The van der Waals surface area contributed by atoms with E-state index in [9.17, 15) is 0 Å². The Morgan fingerprint density at radius 2 is 2.00 bits per heavy atom. The molecule has 0 amide bonds. The second-order valence-corrected chi connectivity index (χ2v) is 6.35. The highest BCUT2D eigenvalue weighted by atomic mass is 35.5. The second kappa shape index (κ2) is 8.02. The quantitative estimate of drug-likeness (QED) is 0.873. The van der Waals surface area contributed by atoms with Gasteiger partial charge in [-0.05, 0) is 57.5 Å². The number of likely N-dealkylation sites (tertiary alicyclic amines) is 1. The number of nitrogens with one attached hydrogen (secondary N) is 1. The van der Waals surface area contributed by atoms with E-state index in [1.165, 1.54) is 44.3 Å². The van der Waals surface area contributed by atoms with Crippen LogP contribution in [0.25, 0.3) is 0 Å². The van der Waals surface area contributed by atoms with Gasteiger partial charge in [-0.3, -0.25) is 0 Å². The summed E-state index contributed by atoms with van der Waals surface area (Å²) in [6.45, 7) is 4.81. The lowest BCUT2D eigenvalue weighted by Gasteiger charge is -2.29. The van der Waals surface area contributed by atoms with E-state index in [0.29, 0.717) is 6.04 Å². The molecule has 112 valence electrons. The third kappa shape index (κ3) is 4.47. The molecule has 2 nitrogen and oxygen atoms in total. The summed E-state index contributed by atoms with van der Waals surface area (Å²) in [7, 11) is 2.05. The zero-order valence-corrected chi connectivity index (χ0v) is 13.5. The van der Waals surface area contributed by atoms with Gasteiger partial charge in [-0.15, -0.1) is 0 Å². The molecule has 1 aliphatic heterocycles. The number of hydrogen-bond acceptors (Lipinski definition) is 2. The van der Waals surface area contributed by atoms with Gasteiger partial charge < -0.3 is 10.2 Å². The molecule has 0 spiro atoms. The van der Waals surface area contributed by atoms with Crippen molar-refractivity contribution in [1.82, 2.24) is 10.2 Å². The minimum atomic E-state index is 0.419. The molecule has 3 heteroatoms. The van der Waals surface area contributed by atoms with Gasteiger partial charge in [0.1, 0.15) is 0 Å². The first-order valence-corrected chi connectivity index (χ1v) is 8.25. The van der Waals surface area contributed by atoms with Gasteiger partial charge in [0, 0.05) is 23.7 Å². The van der Waals surface area contributed by atoms with Crippen molar-refractivity contribution in [1.29, 1.82) is 0 Å². The highest BCUT2D eigenvalue weighted by molar-refractivity contribution is 6.30. The number of hydrogen-bond donors (Lipinski definition) is 1. The molecule has 0 bridgehead atoms. The van der Waals surface area contributed by atoms with Crippen molar-refractivity contribution in [3.8, 4) is 0 Å². The van der Waals surface area contributed by atoms with E-state index in [1.54, 1.807) is 0 Å². The minimum absolute atomic E-state index is 0.419. The highest BCUT2D eigenvalue weighted by Crippen LogP contribution is 2.22. The van der Waals surface area contributed by atoms with E-state index >= 15 is 0 Å². The van der Waals surface area contributed by atoms with Crippen LogP contribution in [0.5, 0.6) is 0 Å². The summed E-state index contributed by atoms with van der Waals surface area (Å²) >= 11 is 5.97. The highest BCUT2D eigenvalue weighted by Gasteiger charge is 2.18. The average molecular weight is 295 g/mol. The molecule has 1 heterocycles. The molecule has 1 aromatic carbocycles. The fourth-order valence-corrected chi connectivity index (χ4v) is 3.26. The monoisotopic (exact) mass is 294 g/mol. The van der Waals surface area contributed by atoms with E-state index < -0.39 is 0 Å². The first-order chi connectivity index (χ1) is 9.70. The van der Waals surface area contributed by atoms with Crippen molar-refractivity contribution >= 4 is 11.6 Å². The van der Waals surface area contributed by atoms with Gasteiger partial charge in [0.05, 0.1) is 0 Å². The lowest BCUT2D eigenvalue weighted by atomic mass is 10.0. The molecule has 1 N–H and O–H groups in total.